The second-order valence-electron chi connectivity index (χ2n) is 5.82. The fourth-order valence-electron chi connectivity index (χ4n) is 2.65. The number of carbonyl (C=O) groups is 2. The second-order valence-corrected chi connectivity index (χ2v) is 7.96. The maximum Gasteiger partial charge on any atom is 0.275 e. The third-order valence-corrected chi connectivity index (χ3v) is 5.46. The molecule has 0 aliphatic carbocycles. The molecule has 1 saturated heterocycles. The van der Waals surface area contributed by atoms with Crippen LogP contribution < -0.4 is 16.0 Å². The van der Waals surface area contributed by atoms with E-state index < -0.39 is 5.91 Å². The predicted octanol–water partition coefficient (Wildman–Crippen LogP) is 2.01. The number of halogens is 1. The summed E-state index contributed by atoms with van der Waals surface area (Å²) in [5.41, 5.74) is 7.41. The van der Waals surface area contributed by atoms with E-state index in [1.165, 1.54) is 11.3 Å². The number of hydrogen-bond donors (Lipinski definition) is 2. The van der Waals surface area contributed by atoms with Gasteiger partial charge in [0.1, 0.15) is 5.69 Å². The summed E-state index contributed by atoms with van der Waals surface area (Å²) in [6.07, 6.45) is 0. The van der Waals surface area contributed by atoms with Crippen LogP contribution in [-0.2, 0) is 0 Å². The summed E-state index contributed by atoms with van der Waals surface area (Å²) in [6.45, 7) is 3.69. The van der Waals surface area contributed by atoms with Crippen molar-refractivity contribution in [2.45, 2.75) is 0 Å². The Labute approximate surface area is 157 Å². The molecule has 0 bridgehead atoms. The normalized spacial score (nSPS) is 15.2. The van der Waals surface area contributed by atoms with Crippen LogP contribution in [0.4, 0.5) is 11.4 Å². The first-order chi connectivity index (χ1) is 11.9. The van der Waals surface area contributed by atoms with E-state index >= 15 is 0 Å². The van der Waals surface area contributed by atoms with Crippen LogP contribution in [0.5, 0.6) is 0 Å². The Morgan fingerprint density at radius 3 is 2.60 bits per heavy atom. The molecule has 2 aromatic rings. The van der Waals surface area contributed by atoms with E-state index in [1.54, 1.807) is 17.5 Å². The highest BCUT2D eigenvalue weighted by Crippen LogP contribution is 2.25. The van der Waals surface area contributed by atoms with E-state index in [9.17, 15) is 9.59 Å². The number of anilines is 2. The molecule has 0 atom stereocenters. The topological polar surface area (TPSA) is 91.6 Å². The maximum absolute atomic E-state index is 12.3. The first-order valence-corrected chi connectivity index (χ1v) is 9.41. The van der Waals surface area contributed by atoms with Crippen molar-refractivity contribution < 1.29 is 9.59 Å². The lowest BCUT2D eigenvalue weighted by molar-refractivity contribution is 0.100. The Hall–Kier alpha value is -1.97. The van der Waals surface area contributed by atoms with Gasteiger partial charge in [0.25, 0.3) is 11.8 Å². The van der Waals surface area contributed by atoms with Gasteiger partial charge in [-0.05, 0) is 41.2 Å². The van der Waals surface area contributed by atoms with Crippen molar-refractivity contribution in [1.29, 1.82) is 0 Å². The SMILES string of the molecule is CN1CCN(c2ccc(NC(=O)c3csc(Br)n3)c(C(N)=O)c2)CC1. The molecule has 0 unspecified atom stereocenters. The van der Waals surface area contributed by atoms with Crippen LogP contribution in [0.3, 0.4) is 0 Å². The van der Waals surface area contributed by atoms with Crippen LogP contribution >= 0.6 is 27.3 Å². The quantitative estimate of drug-likeness (QED) is 0.784. The molecule has 0 radical (unpaired) electrons. The second kappa shape index (κ2) is 7.51. The van der Waals surface area contributed by atoms with Crippen LogP contribution in [0.2, 0.25) is 0 Å². The predicted molar refractivity (Wildman–Crippen MR) is 102 cm³/mol. The Morgan fingerprint density at radius 2 is 2.00 bits per heavy atom. The Kier molecular flexibility index (Phi) is 5.36. The van der Waals surface area contributed by atoms with Crippen LogP contribution in [0, 0.1) is 0 Å². The summed E-state index contributed by atoms with van der Waals surface area (Å²) in [7, 11) is 2.08. The van der Waals surface area contributed by atoms with Crippen molar-refractivity contribution in [2.75, 3.05) is 43.4 Å². The highest BCUT2D eigenvalue weighted by Gasteiger charge is 2.19. The molecule has 3 rings (SSSR count). The zero-order chi connectivity index (χ0) is 18.0. The summed E-state index contributed by atoms with van der Waals surface area (Å²) in [4.78, 5) is 32.7. The third kappa shape index (κ3) is 4.17. The molecule has 1 aromatic carbocycles. The van der Waals surface area contributed by atoms with Gasteiger partial charge in [0.05, 0.1) is 11.3 Å². The lowest BCUT2D eigenvalue weighted by Crippen LogP contribution is -2.44. The first-order valence-electron chi connectivity index (χ1n) is 7.74. The fraction of sp³-hybridized carbons (Fsp3) is 0.312. The average Bonchev–Trinajstić information content (AvgIpc) is 3.02. The van der Waals surface area contributed by atoms with Gasteiger partial charge >= 0.3 is 0 Å². The number of likely N-dealkylation sites (N-methyl/N-ethyl adjacent to an activating group) is 1. The van der Waals surface area contributed by atoms with Gasteiger partial charge in [0, 0.05) is 37.2 Å². The van der Waals surface area contributed by atoms with E-state index in [-0.39, 0.29) is 11.6 Å². The number of aromatic nitrogens is 1. The molecule has 132 valence electrons. The fourth-order valence-corrected chi connectivity index (χ4v) is 3.64. The van der Waals surface area contributed by atoms with Gasteiger partial charge in [-0.25, -0.2) is 4.98 Å². The Balaban J connectivity index is 1.82. The van der Waals surface area contributed by atoms with Crippen molar-refractivity contribution in [1.82, 2.24) is 9.88 Å². The van der Waals surface area contributed by atoms with Gasteiger partial charge in [-0.2, -0.15) is 0 Å². The molecule has 25 heavy (non-hydrogen) atoms. The number of amides is 2. The Bertz CT molecular complexity index is 802. The zero-order valence-electron chi connectivity index (χ0n) is 13.7. The minimum absolute atomic E-state index is 0.287. The van der Waals surface area contributed by atoms with Crippen LogP contribution in [-0.4, -0.2) is 54.9 Å². The van der Waals surface area contributed by atoms with Crippen LogP contribution in [0.1, 0.15) is 20.8 Å². The van der Waals surface area contributed by atoms with Gasteiger partial charge in [-0.15, -0.1) is 11.3 Å². The number of hydrogen-bond acceptors (Lipinski definition) is 6. The minimum atomic E-state index is -0.578. The number of nitrogens with zero attached hydrogens (tertiary/aromatic N) is 3. The molecule has 1 aliphatic heterocycles. The first kappa shape index (κ1) is 17.8. The van der Waals surface area contributed by atoms with E-state index in [2.05, 4.69) is 43.1 Å². The molecule has 1 aliphatic rings. The molecule has 1 aromatic heterocycles. The summed E-state index contributed by atoms with van der Waals surface area (Å²) >= 11 is 4.54. The molecule has 0 spiro atoms. The number of rotatable bonds is 4. The lowest BCUT2D eigenvalue weighted by atomic mass is 10.1. The van der Waals surface area contributed by atoms with E-state index in [0.29, 0.717) is 15.2 Å². The number of benzene rings is 1. The van der Waals surface area contributed by atoms with E-state index in [0.717, 1.165) is 31.9 Å². The van der Waals surface area contributed by atoms with Crippen molar-refractivity contribution in [3.63, 3.8) is 0 Å². The van der Waals surface area contributed by atoms with Gasteiger partial charge in [0.2, 0.25) is 0 Å². The van der Waals surface area contributed by atoms with Crippen LogP contribution in [0.15, 0.2) is 27.5 Å². The molecule has 2 amide bonds. The van der Waals surface area contributed by atoms with Gasteiger partial charge in [-0.3, -0.25) is 9.59 Å². The molecule has 7 nitrogen and oxygen atoms in total. The minimum Gasteiger partial charge on any atom is -0.369 e. The van der Waals surface area contributed by atoms with Crippen molar-refractivity contribution in [3.8, 4) is 0 Å². The van der Waals surface area contributed by atoms with Gasteiger partial charge in [-0.1, -0.05) is 0 Å². The monoisotopic (exact) mass is 423 g/mol. The van der Waals surface area contributed by atoms with E-state index in [1.807, 2.05) is 6.07 Å². The number of thiazole rings is 1. The highest BCUT2D eigenvalue weighted by atomic mass is 79.9. The molecule has 3 N–H and O–H groups in total. The third-order valence-electron chi connectivity index (χ3n) is 4.09. The number of nitrogens with one attached hydrogen (secondary N) is 1. The molecule has 0 saturated carbocycles. The number of piperazine rings is 1. The van der Waals surface area contributed by atoms with E-state index in [4.69, 9.17) is 5.73 Å². The zero-order valence-corrected chi connectivity index (χ0v) is 16.1. The maximum atomic E-state index is 12.3. The highest BCUT2D eigenvalue weighted by molar-refractivity contribution is 9.11. The molecule has 9 heteroatoms. The summed E-state index contributed by atoms with van der Waals surface area (Å²) in [6, 6.07) is 5.34. The molecular formula is C16H18BrN5O2S. The largest absolute Gasteiger partial charge is 0.369 e. The van der Waals surface area contributed by atoms with Crippen molar-refractivity contribution in [3.05, 3.63) is 38.8 Å². The average molecular weight is 424 g/mol. The summed E-state index contributed by atoms with van der Waals surface area (Å²) in [5, 5.41) is 4.36. The molecule has 1 fully saturated rings. The summed E-state index contributed by atoms with van der Waals surface area (Å²) in [5.74, 6) is -0.956. The molecule has 2 heterocycles. The lowest BCUT2D eigenvalue weighted by Gasteiger charge is -2.34. The number of primary amides is 1. The summed E-state index contributed by atoms with van der Waals surface area (Å²) < 4.78 is 0.623. The van der Waals surface area contributed by atoms with Crippen LogP contribution in [0.25, 0.3) is 0 Å². The van der Waals surface area contributed by atoms with Gasteiger partial charge in [0.15, 0.2) is 3.92 Å². The number of nitrogens with two attached hydrogens (primary N) is 1. The van der Waals surface area contributed by atoms with Crippen molar-refractivity contribution >= 4 is 50.5 Å². The number of carbonyl (C=O) groups excluding carboxylic acids is 2. The van der Waals surface area contributed by atoms with Crippen molar-refractivity contribution in [2.24, 2.45) is 5.73 Å². The smallest absolute Gasteiger partial charge is 0.275 e. The Morgan fingerprint density at radius 1 is 1.28 bits per heavy atom. The van der Waals surface area contributed by atoms with Gasteiger partial charge < -0.3 is 20.9 Å². The standard InChI is InChI=1S/C16H18BrN5O2S/c1-21-4-6-22(7-5-21)10-2-3-12(11(8-10)14(18)23)19-15(24)13-9-25-16(17)20-13/h2-3,8-9H,4-7H2,1H3,(H2,18,23)(H,19,24). The molecular weight excluding hydrogens is 406 g/mol.